The normalized spacial score (nSPS) is 10.5. The van der Waals surface area contributed by atoms with E-state index >= 15 is 0 Å². The SMILES string of the molecule is Cc1ccccc1C(=O)Oc1cccc2cccc(OC(=O)c3ccccc3)c12. The lowest BCUT2D eigenvalue weighted by atomic mass is 10.1. The summed E-state index contributed by atoms with van der Waals surface area (Å²) in [5, 5.41) is 1.37. The summed E-state index contributed by atoms with van der Waals surface area (Å²) in [5.41, 5.74) is 1.76. The minimum atomic E-state index is -0.474. The Morgan fingerprint density at radius 2 is 1.21 bits per heavy atom. The van der Waals surface area contributed by atoms with Gasteiger partial charge in [-0.3, -0.25) is 0 Å². The van der Waals surface area contributed by atoms with Crippen molar-refractivity contribution in [3.63, 3.8) is 0 Å². The third-order valence-electron chi connectivity index (χ3n) is 4.61. The first kappa shape index (κ1) is 18.4. The second kappa shape index (κ2) is 7.98. The maximum absolute atomic E-state index is 12.7. The van der Waals surface area contributed by atoms with Crippen molar-refractivity contribution in [1.82, 2.24) is 0 Å². The summed E-state index contributed by atoms with van der Waals surface area (Å²) >= 11 is 0. The lowest BCUT2D eigenvalue weighted by Crippen LogP contribution is -2.11. The molecule has 0 radical (unpaired) electrons. The fourth-order valence-electron chi connectivity index (χ4n) is 3.13. The Morgan fingerprint density at radius 3 is 1.86 bits per heavy atom. The van der Waals surface area contributed by atoms with E-state index in [1.807, 2.05) is 37.3 Å². The maximum atomic E-state index is 12.7. The second-order valence-electron chi connectivity index (χ2n) is 6.57. The zero-order chi connectivity index (χ0) is 20.2. The van der Waals surface area contributed by atoms with Gasteiger partial charge in [-0.05, 0) is 48.2 Å². The monoisotopic (exact) mass is 382 g/mol. The standard InChI is InChI=1S/C25H18O4/c1-17-9-5-6-14-20(17)25(27)29-22-16-8-13-18-12-7-15-21(23(18)22)28-24(26)19-10-3-2-4-11-19/h2-16H,1H3. The summed E-state index contributed by atoms with van der Waals surface area (Å²) in [6.45, 7) is 1.85. The van der Waals surface area contributed by atoms with Gasteiger partial charge in [-0.1, -0.05) is 60.7 Å². The minimum absolute atomic E-state index is 0.338. The van der Waals surface area contributed by atoms with E-state index in [1.54, 1.807) is 60.7 Å². The van der Waals surface area contributed by atoms with Gasteiger partial charge in [-0.2, -0.15) is 0 Å². The molecule has 4 aromatic rings. The van der Waals surface area contributed by atoms with Crippen molar-refractivity contribution in [3.05, 3.63) is 108 Å². The Bertz CT molecular complexity index is 1190. The smallest absolute Gasteiger partial charge is 0.343 e. The van der Waals surface area contributed by atoms with Crippen molar-refractivity contribution in [3.8, 4) is 11.5 Å². The molecule has 4 nitrogen and oxygen atoms in total. The van der Waals surface area contributed by atoms with Crippen LogP contribution in [0.1, 0.15) is 26.3 Å². The number of hydrogen-bond donors (Lipinski definition) is 0. The molecule has 4 heteroatoms. The van der Waals surface area contributed by atoms with E-state index in [9.17, 15) is 9.59 Å². The van der Waals surface area contributed by atoms with Crippen LogP contribution >= 0.6 is 0 Å². The molecule has 0 aliphatic carbocycles. The Kier molecular flexibility index (Phi) is 5.08. The molecule has 0 heterocycles. The highest BCUT2D eigenvalue weighted by atomic mass is 16.5. The number of fused-ring (bicyclic) bond motifs is 1. The fourth-order valence-corrected chi connectivity index (χ4v) is 3.13. The number of esters is 2. The lowest BCUT2D eigenvalue weighted by molar-refractivity contribution is 0.0735. The van der Waals surface area contributed by atoms with Crippen LogP contribution in [-0.4, -0.2) is 11.9 Å². The van der Waals surface area contributed by atoms with Crippen molar-refractivity contribution < 1.29 is 19.1 Å². The van der Waals surface area contributed by atoms with Crippen molar-refractivity contribution in [2.24, 2.45) is 0 Å². The molecule has 4 aromatic carbocycles. The van der Waals surface area contributed by atoms with Crippen LogP contribution in [0.25, 0.3) is 10.8 Å². The highest BCUT2D eigenvalue weighted by molar-refractivity contribution is 6.00. The molecule has 0 saturated heterocycles. The van der Waals surface area contributed by atoms with Gasteiger partial charge in [-0.15, -0.1) is 0 Å². The third-order valence-corrected chi connectivity index (χ3v) is 4.61. The number of ether oxygens (including phenoxy) is 2. The number of hydrogen-bond acceptors (Lipinski definition) is 4. The van der Waals surface area contributed by atoms with Gasteiger partial charge in [0, 0.05) is 0 Å². The average molecular weight is 382 g/mol. The number of aryl methyl sites for hydroxylation is 1. The predicted octanol–water partition coefficient (Wildman–Crippen LogP) is 5.59. The van der Waals surface area contributed by atoms with Gasteiger partial charge in [-0.25, -0.2) is 9.59 Å². The number of benzene rings is 4. The first-order valence-corrected chi connectivity index (χ1v) is 9.20. The summed E-state index contributed by atoms with van der Waals surface area (Å²) in [5.74, 6) is -0.255. The number of carbonyl (C=O) groups is 2. The van der Waals surface area contributed by atoms with Gasteiger partial charge in [0.15, 0.2) is 0 Å². The first-order chi connectivity index (χ1) is 14.1. The molecule has 0 amide bonds. The first-order valence-electron chi connectivity index (χ1n) is 9.20. The molecular formula is C25H18O4. The van der Waals surface area contributed by atoms with Gasteiger partial charge >= 0.3 is 11.9 Å². The Labute approximate surface area is 168 Å². The van der Waals surface area contributed by atoms with E-state index in [4.69, 9.17) is 9.47 Å². The molecule has 4 rings (SSSR count). The van der Waals surface area contributed by atoms with Crippen LogP contribution in [0, 0.1) is 6.92 Å². The molecular weight excluding hydrogens is 364 g/mol. The fraction of sp³-hybridized carbons (Fsp3) is 0.0400. The van der Waals surface area contributed by atoms with Gasteiger partial charge in [0.25, 0.3) is 0 Å². The average Bonchev–Trinajstić information content (AvgIpc) is 2.75. The lowest BCUT2D eigenvalue weighted by Gasteiger charge is -2.13. The van der Waals surface area contributed by atoms with Gasteiger partial charge < -0.3 is 9.47 Å². The van der Waals surface area contributed by atoms with Crippen LogP contribution in [0.3, 0.4) is 0 Å². The second-order valence-corrected chi connectivity index (χ2v) is 6.57. The van der Waals surface area contributed by atoms with E-state index in [0.29, 0.717) is 28.0 Å². The molecule has 0 aliphatic rings. The van der Waals surface area contributed by atoms with Crippen LogP contribution in [0.5, 0.6) is 11.5 Å². The third kappa shape index (κ3) is 3.87. The van der Waals surface area contributed by atoms with Crippen molar-refractivity contribution in [2.75, 3.05) is 0 Å². The Balaban J connectivity index is 1.71. The molecule has 0 saturated carbocycles. The molecule has 0 aromatic heterocycles. The van der Waals surface area contributed by atoms with Gasteiger partial charge in [0.05, 0.1) is 16.5 Å². The largest absolute Gasteiger partial charge is 0.422 e. The van der Waals surface area contributed by atoms with Crippen LogP contribution in [0.2, 0.25) is 0 Å². The minimum Gasteiger partial charge on any atom is -0.422 e. The molecule has 0 spiro atoms. The Morgan fingerprint density at radius 1 is 0.621 bits per heavy atom. The highest BCUT2D eigenvalue weighted by Crippen LogP contribution is 2.35. The molecule has 142 valence electrons. The number of carbonyl (C=O) groups excluding carboxylic acids is 2. The van der Waals surface area contributed by atoms with E-state index in [-0.39, 0.29) is 0 Å². The summed E-state index contributed by atoms with van der Waals surface area (Å²) in [4.78, 5) is 25.2. The summed E-state index contributed by atoms with van der Waals surface area (Å²) in [7, 11) is 0. The molecule has 0 unspecified atom stereocenters. The number of rotatable bonds is 4. The van der Waals surface area contributed by atoms with E-state index < -0.39 is 11.9 Å². The van der Waals surface area contributed by atoms with Crippen molar-refractivity contribution in [2.45, 2.75) is 6.92 Å². The quantitative estimate of drug-likeness (QED) is 0.341. The van der Waals surface area contributed by atoms with Crippen LogP contribution < -0.4 is 9.47 Å². The molecule has 0 aliphatic heterocycles. The van der Waals surface area contributed by atoms with Crippen molar-refractivity contribution >= 4 is 22.7 Å². The molecule has 0 fully saturated rings. The summed E-state index contributed by atoms with van der Waals surface area (Å²) < 4.78 is 11.3. The van der Waals surface area contributed by atoms with Crippen molar-refractivity contribution in [1.29, 1.82) is 0 Å². The predicted molar refractivity (Wildman–Crippen MR) is 111 cm³/mol. The van der Waals surface area contributed by atoms with E-state index in [1.165, 1.54) is 0 Å². The van der Waals surface area contributed by atoms with Crippen LogP contribution in [0.4, 0.5) is 0 Å². The summed E-state index contributed by atoms with van der Waals surface area (Å²) in [6, 6.07) is 26.7. The molecule has 0 N–H and O–H groups in total. The molecule has 0 bridgehead atoms. The maximum Gasteiger partial charge on any atom is 0.343 e. The molecule has 0 atom stereocenters. The van der Waals surface area contributed by atoms with Crippen LogP contribution in [-0.2, 0) is 0 Å². The van der Waals surface area contributed by atoms with Crippen LogP contribution in [0.15, 0.2) is 91.0 Å². The Hall–Kier alpha value is -3.92. The zero-order valence-corrected chi connectivity index (χ0v) is 15.8. The van der Waals surface area contributed by atoms with Gasteiger partial charge in [0.2, 0.25) is 0 Å². The summed E-state index contributed by atoms with van der Waals surface area (Å²) in [6.07, 6.45) is 0. The molecule has 29 heavy (non-hydrogen) atoms. The zero-order valence-electron chi connectivity index (χ0n) is 15.8. The van der Waals surface area contributed by atoms with E-state index in [2.05, 4.69) is 0 Å². The van der Waals surface area contributed by atoms with Gasteiger partial charge in [0.1, 0.15) is 11.5 Å². The topological polar surface area (TPSA) is 52.6 Å². The highest BCUT2D eigenvalue weighted by Gasteiger charge is 2.17. The van der Waals surface area contributed by atoms with E-state index in [0.717, 1.165) is 10.9 Å².